The molecule has 31 heavy (non-hydrogen) atoms. The lowest BCUT2D eigenvalue weighted by Crippen LogP contribution is -2.32. The van der Waals surface area contributed by atoms with E-state index < -0.39 is 10.0 Å². The summed E-state index contributed by atoms with van der Waals surface area (Å²) in [5.74, 6) is 0.411. The molecule has 1 aromatic heterocycles. The molecule has 2 heterocycles. The molecule has 1 saturated heterocycles. The molecule has 168 valence electrons. The van der Waals surface area contributed by atoms with E-state index >= 15 is 0 Å². The third kappa shape index (κ3) is 4.45. The Balaban J connectivity index is 1.62. The van der Waals surface area contributed by atoms with Crippen LogP contribution in [0.3, 0.4) is 0 Å². The van der Waals surface area contributed by atoms with Gasteiger partial charge in [0.05, 0.1) is 17.0 Å². The SMILES string of the molecule is CCN(CC)S(=O)(=O)c1ccc(N2CCCC2)c(C(=O)NCc2nncn2C2CC2)c1. The maximum atomic E-state index is 13.2. The summed E-state index contributed by atoms with van der Waals surface area (Å²) < 4.78 is 29.5. The topological polar surface area (TPSA) is 100 Å². The third-order valence-electron chi connectivity index (χ3n) is 6.00. The Morgan fingerprint density at radius 2 is 1.90 bits per heavy atom. The summed E-state index contributed by atoms with van der Waals surface area (Å²) in [6.07, 6.45) is 6.02. The number of carbonyl (C=O) groups excluding carboxylic acids is 1. The molecule has 1 saturated carbocycles. The van der Waals surface area contributed by atoms with Crippen LogP contribution in [0.25, 0.3) is 0 Å². The summed E-state index contributed by atoms with van der Waals surface area (Å²) in [6.45, 7) is 6.35. The van der Waals surface area contributed by atoms with Crippen molar-refractivity contribution in [2.24, 2.45) is 0 Å². The number of nitrogens with one attached hydrogen (secondary N) is 1. The number of hydrogen-bond acceptors (Lipinski definition) is 6. The zero-order valence-corrected chi connectivity index (χ0v) is 18.9. The number of aromatic nitrogens is 3. The van der Waals surface area contributed by atoms with Crippen LogP contribution in [-0.2, 0) is 16.6 Å². The van der Waals surface area contributed by atoms with Crippen LogP contribution in [0.5, 0.6) is 0 Å². The first kappa shape index (κ1) is 21.8. The molecule has 2 aliphatic rings. The van der Waals surface area contributed by atoms with E-state index in [4.69, 9.17) is 0 Å². The molecule has 1 amide bonds. The normalized spacial score (nSPS) is 16.8. The average Bonchev–Trinajstić information content (AvgIpc) is 3.26. The van der Waals surface area contributed by atoms with Crippen LogP contribution in [0.1, 0.15) is 61.8 Å². The van der Waals surface area contributed by atoms with Gasteiger partial charge in [0.2, 0.25) is 10.0 Å². The lowest BCUT2D eigenvalue weighted by Gasteiger charge is -2.23. The second kappa shape index (κ2) is 8.96. The summed E-state index contributed by atoms with van der Waals surface area (Å²) in [7, 11) is -3.66. The molecule has 0 radical (unpaired) electrons. The van der Waals surface area contributed by atoms with Crippen LogP contribution >= 0.6 is 0 Å². The smallest absolute Gasteiger partial charge is 0.253 e. The molecule has 2 fully saturated rings. The largest absolute Gasteiger partial charge is 0.371 e. The van der Waals surface area contributed by atoms with Crippen LogP contribution in [0, 0.1) is 0 Å². The molecular weight excluding hydrogens is 416 g/mol. The zero-order chi connectivity index (χ0) is 22.0. The first-order valence-corrected chi connectivity index (χ1v) is 12.5. The second-order valence-corrected chi connectivity index (χ2v) is 9.97. The van der Waals surface area contributed by atoms with Crippen molar-refractivity contribution < 1.29 is 13.2 Å². The molecule has 0 spiro atoms. The summed E-state index contributed by atoms with van der Waals surface area (Å²) in [6, 6.07) is 5.32. The molecule has 9 nitrogen and oxygen atoms in total. The van der Waals surface area contributed by atoms with E-state index in [-0.39, 0.29) is 17.3 Å². The van der Waals surface area contributed by atoms with Crippen LogP contribution in [0.4, 0.5) is 5.69 Å². The van der Waals surface area contributed by atoms with Gasteiger partial charge in [-0.2, -0.15) is 4.31 Å². The quantitative estimate of drug-likeness (QED) is 0.634. The van der Waals surface area contributed by atoms with Gasteiger partial charge in [0, 0.05) is 37.9 Å². The molecule has 1 aliphatic carbocycles. The lowest BCUT2D eigenvalue weighted by atomic mass is 10.1. The number of hydrogen-bond donors (Lipinski definition) is 1. The van der Waals surface area contributed by atoms with Gasteiger partial charge in [-0.3, -0.25) is 4.79 Å². The van der Waals surface area contributed by atoms with Crippen molar-refractivity contribution in [3.05, 3.63) is 35.9 Å². The minimum atomic E-state index is -3.66. The number of rotatable bonds is 9. The number of benzene rings is 1. The molecule has 0 bridgehead atoms. The molecule has 0 atom stereocenters. The Bertz CT molecular complexity index is 1040. The number of sulfonamides is 1. The fourth-order valence-electron chi connectivity index (χ4n) is 4.11. The standard InChI is InChI=1S/C21H30N6O3S/c1-3-26(4-2)31(29,30)17-9-10-19(25-11-5-6-12-25)18(13-17)21(28)22-14-20-24-23-15-27(20)16-7-8-16/h9-10,13,15-16H,3-8,11-12,14H2,1-2H3,(H,22,28). The Labute approximate surface area is 183 Å². The van der Waals surface area contributed by atoms with Crippen LogP contribution in [-0.4, -0.2) is 59.6 Å². The summed E-state index contributed by atoms with van der Waals surface area (Å²) in [4.78, 5) is 15.5. The van der Waals surface area contributed by atoms with E-state index in [1.165, 1.54) is 10.4 Å². The maximum Gasteiger partial charge on any atom is 0.253 e. The van der Waals surface area contributed by atoms with Crippen LogP contribution < -0.4 is 10.2 Å². The Kier molecular flexibility index (Phi) is 6.29. The average molecular weight is 447 g/mol. The zero-order valence-electron chi connectivity index (χ0n) is 18.1. The van der Waals surface area contributed by atoms with Gasteiger partial charge in [-0.25, -0.2) is 8.42 Å². The van der Waals surface area contributed by atoms with Crippen molar-refractivity contribution in [3.63, 3.8) is 0 Å². The van der Waals surface area contributed by atoms with Crippen molar-refractivity contribution in [1.82, 2.24) is 24.4 Å². The van der Waals surface area contributed by atoms with Gasteiger partial charge < -0.3 is 14.8 Å². The van der Waals surface area contributed by atoms with Gasteiger partial charge in [0.25, 0.3) is 5.91 Å². The van der Waals surface area contributed by atoms with Gasteiger partial charge in [-0.05, 0) is 43.9 Å². The molecule has 1 aromatic carbocycles. The summed E-state index contributed by atoms with van der Waals surface area (Å²) in [5.41, 5.74) is 1.16. The molecular formula is C21H30N6O3S. The predicted molar refractivity (Wildman–Crippen MR) is 117 cm³/mol. The van der Waals surface area contributed by atoms with Gasteiger partial charge in [-0.1, -0.05) is 13.8 Å². The van der Waals surface area contributed by atoms with E-state index in [2.05, 4.69) is 20.4 Å². The first-order chi connectivity index (χ1) is 15.0. The summed E-state index contributed by atoms with van der Waals surface area (Å²) in [5, 5.41) is 11.0. The molecule has 2 aromatic rings. The van der Waals surface area contributed by atoms with Crippen molar-refractivity contribution in [3.8, 4) is 0 Å². The van der Waals surface area contributed by atoms with Gasteiger partial charge in [0.15, 0.2) is 5.82 Å². The highest BCUT2D eigenvalue weighted by molar-refractivity contribution is 7.89. The van der Waals surface area contributed by atoms with Crippen LogP contribution in [0.15, 0.2) is 29.4 Å². The number of carbonyl (C=O) groups is 1. The Hall–Kier alpha value is -2.46. The lowest BCUT2D eigenvalue weighted by molar-refractivity contribution is 0.0949. The Morgan fingerprint density at radius 3 is 2.55 bits per heavy atom. The van der Waals surface area contributed by atoms with E-state index in [0.717, 1.165) is 44.5 Å². The first-order valence-electron chi connectivity index (χ1n) is 11.0. The molecule has 1 aliphatic heterocycles. The highest BCUT2D eigenvalue weighted by atomic mass is 32.2. The molecule has 1 N–H and O–H groups in total. The highest BCUT2D eigenvalue weighted by Crippen LogP contribution is 2.35. The minimum absolute atomic E-state index is 0.144. The molecule has 4 rings (SSSR count). The van der Waals surface area contributed by atoms with E-state index in [0.29, 0.717) is 30.5 Å². The van der Waals surface area contributed by atoms with Crippen LogP contribution in [0.2, 0.25) is 0 Å². The van der Waals surface area contributed by atoms with E-state index in [9.17, 15) is 13.2 Å². The van der Waals surface area contributed by atoms with Crippen molar-refractivity contribution in [2.75, 3.05) is 31.1 Å². The monoisotopic (exact) mass is 446 g/mol. The highest BCUT2D eigenvalue weighted by Gasteiger charge is 2.28. The number of anilines is 1. The van der Waals surface area contributed by atoms with Gasteiger partial charge in [-0.15, -0.1) is 10.2 Å². The van der Waals surface area contributed by atoms with Gasteiger partial charge >= 0.3 is 0 Å². The minimum Gasteiger partial charge on any atom is -0.371 e. The fourth-order valence-corrected chi connectivity index (χ4v) is 5.59. The number of amides is 1. The van der Waals surface area contributed by atoms with E-state index in [1.807, 2.05) is 18.4 Å². The number of nitrogens with zero attached hydrogens (tertiary/aromatic N) is 5. The second-order valence-electron chi connectivity index (χ2n) is 8.03. The molecule has 10 heteroatoms. The maximum absolute atomic E-state index is 13.2. The van der Waals surface area contributed by atoms with Gasteiger partial charge in [0.1, 0.15) is 6.33 Å². The van der Waals surface area contributed by atoms with Crippen molar-refractivity contribution in [2.45, 2.75) is 57.0 Å². The Morgan fingerprint density at radius 1 is 1.19 bits per heavy atom. The fraction of sp³-hybridized carbons (Fsp3) is 0.571. The third-order valence-corrected chi connectivity index (χ3v) is 8.04. The molecule has 0 unspecified atom stereocenters. The van der Waals surface area contributed by atoms with Crippen molar-refractivity contribution in [1.29, 1.82) is 0 Å². The van der Waals surface area contributed by atoms with Crippen molar-refractivity contribution >= 4 is 21.6 Å². The summed E-state index contributed by atoms with van der Waals surface area (Å²) >= 11 is 0. The van der Waals surface area contributed by atoms with E-state index in [1.54, 1.807) is 18.5 Å². The predicted octanol–water partition coefficient (Wildman–Crippen LogP) is 2.17.